The average molecular weight is 258 g/mol. The van der Waals surface area contributed by atoms with E-state index in [4.69, 9.17) is 9.39 Å². The summed E-state index contributed by atoms with van der Waals surface area (Å²) < 4.78 is 15.2. The fraction of sp³-hybridized carbons (Fsp3) is 0.214. The van der Waals surface area contributed by atoms with E-state index < -0.39 is 0 Å². The third kappa shape index (κ3) is 3.81. The molecule has 0 aliphatic carbocycles. The molecule has 0 saturated heterocycles. The molecule has 0 aliphatic heterocycles. The number of nitrogens with zero attached hydrogens (tertiary/aromatic N) is 1. The second-order valence-corrected chi connectivity index (χ2v) is 3.93. The molecule has 2 aromatic rings. The Morgan fingerprint density at radius 1 is 1.16 bits per heavy atom. The second-order valence-electron chi connectivity index (χ2n) is 3.93. The van der Waals surface area contributed by atoms with Crippen LogP contribution in [-0.2, 0) is 4.65 Å². The summed E-state index contributed by atoms with van der Waals surface area (Å²) in [7, 11) is 1.38. The molecular formula is C14H17BNO3+. The van der Waals surface area contributed by atoms with Crippen molar-refractivity contribution in [3.8, 4) is 11.6 Å². The van der Waals surface area contributed by atoms with Crippen molar-refractivity contribution in [2.24, 2.45) is 0 Å². The molecule has 5 heteroatoms. The fourth-order valence-electron chi connectivity index (χ4n) is 1.69. The third-order valence-corrected chi connectivity index (χ3v) is 2.58. The van der Waals surface area contributed by atoms with Crippen molar-refractivity contribution in [1.82, 2.24) is 4.98 Å². The van der Waals surface area contributed by atoms with E-state index in [1.807, 2.05) is 49.4 Å². The number of para-hydroxylation sites is 1. The van der Waals surface area contributed by atoms with Crippen molar-refractivity contribution in [2.45, 2.75) is 6.92 Å². The Morgan fingerprint density at radius 3 is 2.53 bits per heavy atom. The Balaban J connectivity index is 2.06. The van der Waals surface area contributed by atoms with E-state index in [2.05, 4.69) is 9.64 Å². The molecule has 1 N–H and O–H groups in total. The maximum Gasteiger partial charge on any atom is 0.732 e. The molecule has 0 atom stereocenters. The van der Waals surface area contributed by atoms with E-state index in [1.165, 1.54) is 0 Å². The molecule has 4 nitrogen and oxygen atoms in total. The van der Waals surface area contributed by atoms with Crippen LogP contribution in [0.2, 0.25) is 0 Å². The van der Waals surface area contributed by atoms with E-state index in [1.54, 1.807) is 13.3 Å². The molecule has 0 fully saturated rings. The lowest BCUT2D eigenvalue weighted by Gasteiger charge is -2.07. The molecule has 1 aromatic heterocycles. The van der Waals surface area contributed by atoms with Crippen LogP contribution in [0.15, 0.2) is 48.7 Å². The van der Waals surface area contributed by atoms with Crippen LogP contribution in [0.1, 0.15) is 6.92 Å². The number of hydrogen-bond acceptors (Lipinski definition) is 3. The van der Waals surface area contributed by atoms with E-state index in [0.29, 0.717) is 12.5 Å². The van der Waals surface area contributed by atoms with Crippen LogP contribution >= 0.6 is 0 Å². The van der Waals surface area contributed by atoms with Crippen molar-refractivity contribution in [3.05, 3.63) is 48.7 Å². The predicted molar refractivity (Wildman–Crippen MR) is 75.9 cm³/mol. The van der Waals surface area contributed by atoms with Gasteiger partial charge in [0, 0.05) is 26.3 Å². The molecular weight excluding hydrogens is 241 g/mol. The smallest absolute Gasteiger partial charge is 0.511 e. The van der Waals surface area contributed by atoms with Gasteiger partial charge < -0.3 is 14.0 Å². The van der Waals surface area contributed by atoms with Crippen LogP contribution in [0, 0.1) is 0 Å². The Hall–Kier alpha value is -1.85. The zero-order chi connectivity index (χ0) is 13.5. The summed E-state index contributed by atoms with van der Waals surface area (Å²) in [5.41, 5.74) is 0.921. The number of hydrogen-bond donors (Lipinski definition) is 0. The number of aromatic nitrogens is 1. The van der Waals surface area contributed by atoms with E-state index in [-0.39, 0.29) is 7.12 Å². The lowest BCUT2D eigenvalue weighted by molar-refractivity contribution is 0.106. The molecule has 19 heavy (non-hydrogen) atoms. The van der Waals surface area contributed by atoms with Gasteiger partial charge in [-0.3, -0.25) is 0 Å². The lowest BCUT2D eigenvalue weighted by Crippen LogP contribution is -2.39. The molecule has 0 saturated carbocycles. The summed E-state index contributed by atoms with van der Waals surface area (Å²) >= 11 is 0. The van der Waals surface area contributed by atoms with Gasteiger partial charge in [-0.05, 0) is 18.2 Å². The SMILES string of the molecule is CC[OH+]B(OC)c1ccc(Oc2ccccc2)nc1. The summed E-state index contributed by atoms with van der Waals surface area (Å²) in [4.78, 5) is 4.26. The van der Waals surface area contributed by atoms with Crippen molar-refractivity contribution >= 4 is 12.6 Å². The summed E-state index contributed by atoms with van der Waals surface area (Å²) in [6, 6.07) is 13.3. The quantitative estimate of drug-likeness (QED) is 0.585. The Kier molecular flexibility index (Phi) is 4.95. The van der Waals surface area contributed by atoms with Gasteiger partial charge in [-0.15, -0.1) is 0 Å². The minimum atomic E-state index is -0.261. The van der Waals surface area contributed by atoms with Gasteiger partial charge in [0.05, 0.1) is 5.46 Å². The first kappa shape index (κ1) is 13.6. The van der Waals surface area contributed by atoms with Gasteiger partial charge in [0.25, 0.3) is 0 Å². The van der Waals surface area contributed by atoms with E-state index >= 15 is 0 Å². The number of aliphatic hydroxyl groups is 1. The molecule has 0 bridgehead atoms. The van der Waals surface area contributed by atoms with Crippen LogP contribution < -0.4 is 10.2 Å². The number of ether oxygens (including phenoxy) is 1. The number of pyridine rings is 1. The first-order chi connectivity index (χ1) is 9.33. The van der Waals surface area contributed by atoms with Crippen LogP contribution in [0.3, 0.4) is 0 Å². The van der Waals surface area contributed by atoms with Gasteiger partial charge in [0.1, 0.15) is 12.4 Å². The van der Waals surface area contributed by atoms with Crippen molar-refractivity contribution in [3.63, 3.8) is 0 Å². The molecule has 0 unspecified atom stereocenters. The zero-order valence-corrected chi connectivity index (χ0v) is 11.1. The average Bonchev–Trinajstić information content (AvgIpc) is 2.47. The predicted octanol–water partition coefficient (Wildman–Crippen LogP) is 1.76. The molecule has 0 spiro atoms. The van der Waals surface area contributed by atoms with Crippen molar-refractivity contribution in [1.29, 1.82) is 0 Å². The fourth-order valence-corrected chi connectivity index (χ4v) is 1.69. The Bertz CT molecular complexity index is 490. The first-order valence-corrected chi connectivity index (χ1v) is 6.21. The summed E-state index contributed by atoms with van der Waals surface area (Å²) in [5.74, 6) is 1.32. The molecule has 0 aliphatic rings. The zero-order valence-electron chi connectivity index (χ0n) is 11.1. The molecule has 1 aromatic carbocycles. The topological polar surface area (TPSA) is 44.2 Å². The van der Waals surface area contributed by atoms with Gasteiger partial charge in [0.15, 0.2) is 0 Å². The van der Waals surface area contributed by atoms with Crippen LogP contribution in [0.4, 0.5) is 0 Å². The standard InChI is InChI=1S/C14H16BNO3/c1-3-18-15(17-2)12-9-10-14(16-11-12)19-13-7-5-4-6-8-13/h4-11H,3H2,1-2H3/p+1. The highest BCUT2D eigenvalue weighted by molar-refractivity contribution is 6.60. The highest BCUT2D eigenvalue weighted by Crippen LogP contribution is 2.17. The largest absolute Gasteiger partial charge is 0.732 e. The van der Waals surface area contributed by atoms with E-state index in [0.717, 1.165) is 11.2 Å². The van der Waals surface area contributed by atoms with Gasteiger partial charge in [-0.1, -0.05) is 18.2 Å². The van der Waals surface area contributed by atoms with Crippen molar-refractivity contribution < 1.29 is 14.0 Å². The summed E-state index contributed by atoms with van der Waals surface area (Å²) in [6.07, 6.45) is 1.73. The number of benzene rings is 1. The monoisotopic (exact) mass is 258 g/mol. The molecule has 1 heterocycles. The van der Waals surface area contributed by atoms with Gasteiger partial charge in [-0.2, -0.15) is 0 Å². The van der Waals surface area contributed by atoms with Crippen LogP contribution in [0.5, 0.6) is 11.6 Å². The first-order valence-electron chi connectivity index (χ1n) is 6.21. The van der Waals surface area contributed by atoms with Gasteiger partial charge in [0.2, 0.25) is 5.88 Å². The maximum atomic E-state index is 5.62. The van der Waals surface area contributed by atoms with Crippen molar-refractivity contribution in [2.75, 3.05) is 13.7 Å². The normalized spacial score (nSPS) is 10.2. The summed E-state index contributed by atoms with van der Waals surface area (Å²) in [6.45, 7) is 2.69. The maximum absolute atomic E-state index is 5.62. The molecule has 2 rings (SSSR count). The van der Waals surface area contributed by atoms with Crippen LogP contribution in [0.25, 0.3) is 0 Å². The van der Waals surface area contributed by atoms with Gasteiger partial charge in [-0.25, -0.2) is 4.98 Å². The highest BCUT2D eigenvalue weighted by Gasteiger charge is 2.30. The Labute approximate surface area is 113 Å². The van der Waals surface area contributed by atoms with E-state index in [9.17, 15) is 0 Å². The minimum Gasteiger partial charge on any atom is -0.511 e. The number of rotatable bonds is 6. The molecule has 98 valence electrons. The molecule has 0 amide bonds. The summed E-state index contributed by atoms with van der Waals surface area (Å²) in [5, 5.41) is 0. The van der Waals surface area contributed by atoms with Crippen LogP contribution in [-0.4, -0.2) is 30.5 Å². The molecule has 0 radical (unpaired) electrons. The second kappa shape index (κ2) is 6.92. The Morgan fingerprint density at radius 2 is 1.95 bits per heavy atom. The van der Waals surface area contributed by atoms with Gasteiger partial charge >= 0.3 is 7.12 Å². The third-order valence-electron chi connectivity index (χ3n) is 2.58. The minimum absolute atomic E-state index is 0.261. The lowest BCUT2D eigenvalue weighted by atomic mass is 9.80. The highest BCUT2D eigenvalue weighted by atomic mass is 16.6.